The first-order valence-corrected chi connectivity index (χ1v) is 6.76. The quantitative estimate of drug-likeness (QED) is 0.875. The molecule has 110 valence electrons. The highest BCUT2D eigenvalue weighted by Crippen LogP contribution is 2.24. The van der Waals surface area contributed by atoms with Gasteiger partial charge in [-0.2, -0.15) is 0 Å². The van der Waals surface area contributed by atoms with E-state index >= 15 is 0 Å². The minimum absolute atomic E-state index is 0.0270. The molecule has 0 unspecified atom stereocenters. The van der Waals surface area contributed by atoms with Crippen molar-refractivity contribution < 1.29 is 19.7 Å². The monoisotopic (exact) mass is 279 g/mol. The third-order valence-corrected chi connectivity index (χ3v) is 3.69. The Morgan fingerprint density at radius 1 is 1.40 bits per heavy atom. The zero-order valence-electron chi connectivity index (χ0n) is 11.9. The number of aromatic hydroxyl groups is 1. The van der Waals surface area contributed by atoms with E-state index in [2.05, 4.69) is 0 Å². The number of phenols is 1. The van der Waals surface area contributed by atoms with Crippen LogP contribution < -0.4 is 0 Å². The van der Waals surface area contributed by atoms with Crippen LogP contribution in [0.25, 0.3) is 0 Å². The Hall–Kier alpha value is -1.59. The molecular formula is C15H21NO4. The summed E-state index contributed by atoms with van der Waals surface area (Å²) >= 11 is 0. The minimum Gasteiger partial charge on any atom is -0.507 e. The maximum absolute atomic E-state index is 12.3. The molecule has 5 heteroatoms. The van der Waals surface area contributed by atoms with Crippen molar-refractivity contribution in [1.82, 2.24) is 4.90 Å². The van der Waals surface area contributed by atoms with E-state index in [0.717, 1.165) is 5.56 Å². The van der Waals surface area contributed by atoms with Gasteiger partial charge in [-0.25, -0.2) is 0 Å². The lowest BCUT2D eigenvalue weighted by Gasteiger charge is -2.35. The standard InChI is InChI=1S/C15H21NO4/c1-11-3-4-12(13(17)9-11)14(18)16(2)10-15(19)5-7-20-8-6-15/h3-4,9,17,19H,5-8,10H2,1-2H3. The van der Waals surface area contributed by atoms with E-state index in [0.29, 0.717) is 26.1 Å². The van der Waals surface area contributed by atoms with E-state index in [1.165, 1.54) is 4.90 Å². The fourth-order valence-electron chi connectivity index (χ4n) is 2.45. The summed E-state index contributed by atoms with van der Waals surface area (Å²) in [4.78, 5) is 13.8. The maximum atomic E-state index is 12.3. The van der Waals surface area contributed by atoms with E-state index < -0.39 is 5.60 Å². The van der Waals surface area contributed by atoms with Crippen molar-refractivity contribution in [1.29, 1.82) is 0 Å². The van der Waals surface area contributed by atoms with Crippen LogP contribution >= 0.6 is 0 Å². The van der Waals surface area contributed by atoms with Crippen LogP contribution in [-0.4, -0.2) is 53.4 Å². The van der Waals surface area contributed by atoms with Crippen molar-refractivity contribution in [2.24, 2.45) is 0 Å². The summed E-state index contributed by atoms with van der Waals surface area (Å²) in [6, 6.07) is 4.95. The summed E-state index contributed by atoms with van der Waals surface area (Å²) < 4.78 is 5.22. The highest BCUT2D eigenvalue weighted by atomic mass is 16.5. The van der Waals surface area contributed by atoms with Crippen molar-refractivity contribution in [2.75, 3.05) is 26.8 Å². The molecule has 2 rings (SSSR count). The van der Waals surface area contributed by atoms with Gasteiger partial charge >= 0.3 is 0 Å². The van der Waals surface area contributed by atoms with Crippen molar-refractivity contribution in [3.05, 3.63) is 29.3 Å². The van der Waals surface area contributed by atoms with E-state index in [9.17, 15) is 15.0 Å². The zero-order valence-corrected chi connectivity index (χ0v) is 11.9. The van der Waals surface area contributed by atoms with Gasteiger partial charge in [-0.05, 0) is 24.6 Å². The topological polar surface area (TPSA) is 70.0 Å². The van der Waals surface area contributed by atoms with Gasteiger partial charge in [0.05, 0.1) is 11.2 Å². The third kappa shape index (κ3) is 3.29. The summed E-state index contributed by atoms with van der Waals surface area (Å²) in [7, 11) is 1.63. The lowest BCUT2D eigenvalue weighted by atomic mass is 9.93. The Morgan fingerprint density at radius 3 is 2.65 bits per heavy atom. The van der Waals surface area contributed by atoms with Crippen molar-refractivity contribution in [3.8, 4) is 5.75 Å². The molecule has 1 heterocycles. The summed E-state index contributed by atoms with van der Waals surface area (Å²) in [5.74, 6) is -0.316. The Morgan fingerprint density at radius 2 is 2.05 bits per heavy atom. The Labute approximate surface area is 118 Å². The maximum Gasteiger partial charge on any atom is 0.257 e. The average molecular weight is 279 g/mol. The van der Waals surface area contributed by atoms with Gasteiger partial charge < -0.3 is 19.8 Å². The molecule has 0 atom stereocenters. The van der Waals surface area contributed by atoms with E-state index in [1.807, 2.05) is 6.92 Å². The van der Waals surface area contributed by atoms with Crippen LogP contribution in [0.3, 0.4) is 0 Å². The van der Waals surface area contributed by atoms with Gasteiger partial charge in [0.25, 0.3) is 5.91 Å². The smallest absolute Gasteiger partial charge is 0.257 e. The van der Waals surface area contributed by atoms with Gasteiger partial charge in [-0.1, -0.05) is 6.07 Å². The fraction of sp³-hybridized carbons (Fsp3) is 0.533. The molecule has 0 bridgehead atoms. The largest absolute Gasteiger partial charge is 0.507 e. The van der Waals surface area contributed by atoms with Gasteiger partial charge in [-0.3, -0.25) is 4.79 Å². The number of aryl methyl sites for hydroxylation is 1. The van der Waals surface area contributed by atoms with Crippen LogP contribution in [0, 0.1) is 6.92 Å². The number of hydrogen-bond donors (Lipinski definition) is 2. The number of amides is 1. The number of hydrogen-bond acceptors (Lipinski definition) is 4. The first kappa shape index (κ1) is 14.8. The van der Waals surface area contributed by atoms with E-state index in [-0.39, 0.29) is 23.8 Å². The number of phenolic OH excluding ortho intramolecular Hbond substituents is 1. The van der Waals surface area contributed by atoms with Gasteiger partial charge in [0.1, 0.15) is 5.75 Å². The van der Waals surface area contributed by atoms with Crippen LogP contribution in [-0.2, 0) is 4.74 Å². The lowest BCUT2D eigenvalue weighted by molar-refractivity contribution is -0.0734. The molecule has 20 heavy (non-hydrogen) atoms. The Bertz CT molecular complexity index is 495. The molecule has 5 nitrogen and oxygen atoms in total. The number of nitrogens with zero attached hydrogens (tertiary/aromatic N) is 1. The predicted octanol–water partition coefficient (Wildman–Crippen LogP) is 1.31. The molecule has 1 aliphatic rings. The van der Waals surface area contributed by atoms with E-state index in [4.69, 9.17) is 4.74 Å². The number of likely N-dealkylation sites (N-methyl/N-ethyl adjacent to an activating group) is 1. The minimum atomic E-state index is -0.900. The first-order valence-electron chi connectivity index (χ1n) is 6.76. The molecular weight excluding hydrogens is 258 g/mol. The molecule has 0 radical (unpaired) electrons. The molecule has 1 aromatic rings. The predicted molar refractivity (Wildman–Crippen MR) is 74.8 cm³/mol. The first-order chi connectivity index (χ1) is 9.41. The molecule has 1 aromatic carbocycles. The lowest BCUT2D eigenvalue weighted by Crippen LogP contribution is -2.47. The zero-order chi connectivity index (χ0) is 14.8. The highest BCUT2D eigenvalue weighted by molar-refractivity contribution is 5.96. The SMILES string of the molecule is Cc1ccc(C(=O)N(C)CC2(O)CCOCC2)c(O)c1. The fourth-order valence-corrected chi connectivity index (χ4v) is 2.45. The van der Waals surface area contributed by atoms with Crippen LogP contribution in [0.2, 0.25) is 0 Å². The molecule has 0 saturated carbocycles. The summed E-state index contributed by atoms with van der Waals surface area (Å²) in [5, 5.41) is 20.3. The summed E-state index contributed by atoms with van der Waals surface area (Å²) in [6.45, 7) is 3.10. The summed E-state index contributed by atoms with van der Waals surface area (Å²) in [6.07, 6.45) is 1.04. The van der Waals surface area contributed by atoms with Crippen LogP contribution in [0.15, 0.2) is 18.2 Å². The molecule has 0 aromatic heterocycles. The second-order valence-electron chi connectivity index (χ2n) is 5.52. The number of ether oxygens (including phenoxy) is 1. The molecule has 1 amide bonds. The van der Waals surface area contributed by atoms with E-state index in [1.54, 1.807) is 25.2 Å². The van der Waals surface area contributed by atoms with Crippen molar-refractivity contribution in [2.45, 2.75) is 25.4 Å². The van der Waals surface area contributed by atoms with Crippen LogP contribution in [0.1, 0.15) is 28.8 Å². The van der Waals surface area contributed by atoms with Gasteiger partial charge in [-0.15, -0.1) is 0 Å². The highest BCUT2D eigenvalue weighted by Gasteiger charge is 2.32. The van der Waals surface area contributed by atoms with Crippen molar-refractivity contribution >= 4 is 5.91 Å². The second-order valence-corrected chi connectivity index (χ2v) is 5.52. The van der Waals surface area contributed by atoms with Crippen LogP contribution in [0.4, 0.5) is 0 Å². The third-order valence-electron chi connectivity index (χ3n) is 3.69. The number of benzene rings is 1. The normalized spacial score (nSPS) is 17.8. The van der Waals surface area contributed by atoms with Gasteiger partial charge in [0, 0.05) is 39.6 Å². The molecule has 1 aliphatic heterocycles. The number of carbonyl (C=O) groups excluding carboxylic acids is 1. The van der Waals surface area contributed by atoms with Gasteiger partial charge in [0.15, 0.2) is 0 Å². The Kier molecular flexibility index (Phi) is 4.30. The number of aliphatic hydroxyl groups is 1. The van der Waals surface area contributed by atoms with Gasteiger partial charge in [0.2, 0.25) is 0 Å². The number of carbonyl (C=O) groups is 1. The molecule has 2 N–H and O–H groups in total. The molecule has 1 fully saturated rings. The van der Waals surface area contributed by atoms with Crippen molar-refractivity contribution in [3.63, 3.8) is 0 Å². The average Bonchev–Trinajstić information content (AvgIpc) is 2.38. The molecule has 1 saturated heterocycles. The molecule has 0 spiro atoms. The summed E-state index contributed by atoms with van der Waals surface area (Å²) in [5.41, 5.74) is 0.252. The second kappa shape index (κ2) is 5.81. The van der Waals surface area contributed by atoms with Crippen LogP contribution in [0.5, 0.6) is 5.75 Å². The molecule has 0 aliphatic carbocycles. The Balaban J connectivity index is 2.08. The number of rotatable bonds is 3.